The molecule has 9 nitrogen and oxygen atoms in total. The Kier molecular flexibility index (Phi) is 6.58. The molecule has 0 unspecified atom stereocenters. The Labute approximate surface area is 192 Å². The minimum Gasteiger partial charge on any atom is -0.494 e. The summed E-state index contributed by atoms with van der Waals surface area (Å²) in [5.74, 6) is 1.63. The molecule has 3 heterocycles. The van der Waals surface area contributed by atoms with E-state index in [0.29, 0.717) is 49.9 Å². The second-order valence-electron chi connectivity index (χ2n) is 7.95. The van der Waals surface area contributed by atoms with Crippen LogP contribution < -0.4 is 26.7 Å². The average molecular weight is 449 g/mol. The predicted octanol–water partition coefficient (Wildman–Crippen LogP) is 2.34. The third kappa shape index (κ3) is 4.97. The summed E-state index contributed by atoms with van der Waals surface area (Å²) >= 11 is 0. The highest BCUT2D eigenvalue weighted by Crippen LogP contribution is 2.24. The van der Waals surface area contributed by atoms with Gasteiger partial charge in [-0.3, -0.25) is 14.2 Å². The van der Waals surface area contributed by atoms with E-state index >= 15 is 0 Å². The normalized spacial score (nSPS) is 14.5. The van der Waals surface area contributed by atoms with Crippen LogP contribution in [0.4, 0.5) is 11.5 Å². The molecule has 0 radical (unpaired) electrons. The Balaban J connectivity index is 1.46. The molecule has 0 spiro atoms. The van der Waals surface area contributed by atoms with Gasteiger partial charge in [0, 0.05) is 25.2 Å². The van der Waals surface area contributed by atoms with E-state index in [-0.39, 0.29) is 11.5 Å². The summed E-state index contributed by atoms with van der Waals surface area (Å²) in [5.41, 5.74) is 8.43. The monoisotopic (exact) mass is 448 g/mol. The van der Waals surface area contributed by atoms with E-state index in [4.69, 9.17) is 10.5 Å². The number of nitrogens with one attached hydrogen (secondary N) is 2. The van der Waals surface area contributed by atoms with Gasteiger partial charge >= 0.3 is 0 Å². The van der Waals surface area contributed by atoms with Gasteiger partial charge in [0.2, 0.25) is 5.91 Å². The summed E-state index contributed by atoms with van der Waals surface area (Å²) in [5, 5.41) is 6.08. The van der Waals surface area contributed by atoms with Crippen LogP contribution in [0.1, 0.15) is 42.0 Å². The van der Waals surface area contributed by atoms with Crippen molar-refractivity contribution in [3.05, 3.63) is 75.6 Å². The van der Waals surface area contributed by atoms with E-state index in [1.807, 2.05) is 44.2 Å². The van der Waals surface area contributed by atoms with Crippen molar-refractivity contribution in [3.8, 4) is 5.75 Å². The number of hydrogen-bond donors (Lipinski definition) is 3. The lowest BCUT2D eigenvalue weighted by Crippen LogP contribution is -2.36. The molecule has 1 aromatic carbocycles. The average Bonchev–Trinajstić information content (AvgIpc) is 3.24. The van der Waals surface area contributed by atoms with Gasteiger partial charge in [-0.1, -0.05) is 18.2 Å². The summed E-state index contributed by atoms with van der Waals surface area (Å²) in [6, 6.07) is 10.6. The van der Waals surface area contributed by atoms with Gasteiger partial charge < -0.3 is 21.1 Å². The summed E-state index contributed by atoms with van der Waals surface area (Å²) in [6.07, 6.45) is 2.66. The first-order chi connectivity index (χ1) is 16.0. The summed E-state index contributed by atoms with van der Waals surface area (Å²) < 4.78 is 7.03. The first kappa shape index (κ1) is 22.3. The highest BCUT2D eigenvalue weighted by molar-refractivity contribution is 5.81. The number of hydrogen-bond acceptors (Lipinski definition) is 7. The van der Waals surface area contributed by atoms with Gasteiger partial charge in [0.25, 0.3) is 5.56 Å². The van der Waals surface area contributed by atoms with Gasteiger partial charge in [-0.2, -0.15) is 0 Å². The minimum atomic E-state index is -0.593. The first-order valence-electron chi connectivity index (χ1n) is 11.0. The van der Waals surface area contributed by atoms with Crippen LogP contribution >= 0.6 is 0 Å². The van der Waals surface area contributed by atoms with E-state index < -0.39 is 6.04 Å². The quantitative estimate of drug-likeness (QED) is 0.483. The Morgan fingerprint density at radius 2 is 2.12 bits per heavy atom. The fourth-order valence-electron chi connectivity index (χ4n) is 3.98. The van der Waals surface area contributed by atoms with Crippen LogP contribution in [-0.2, 0) is 24.3 Å². The van der Waals surface area contributed by atoms with Crippen molar-refractivity contribution < 1.29 is 9.53 Å². The molecule has 172 valence electrons. The molecular weight excluding hydrogens is 420 g/mol. The maximum atomic E-state index is 13.2. The number of nitrogens with two attached hydrogens (primary N) is 1. The molecule has 4 rings (SSSR count). The second-order valence-corrected chi connectivity index (χ2v) is 7.95. The lowest BCUT2D eigenvalue weighted by molar-refractivity contribution is -0.124. The zero-order chi connectivity index (χ0) is 23.4. The minimum absolute atomic E-state index is 0.213. The lowest BCUT2D eigenvalue weighted by atomic mass is 10.1. The number of anilines is 2. The molecule has 2 aromatic heterocycles. The third-order valence-electron chi connectivity index (χ3n) is 5.69. The predicted molar refractivity (Wildman–Crippen MR) is 126 cm³/mol. The van der Waals surface area contributed by atoms with Gasteiger partial charge in [-0.05, 0) is 49.6 Å². The molecular formula is C24H28N6O3. The van der Waals surface area contributed by atoms with Crippen LogP contribution in [-0.4, -0.2) is 27.0 Å². The highest BCUT2D eigenvalue weighted by Gasteiger charge is 2.31. The van der Waals surface area contributed by atoms with Crippen molar-refractivity contribution in [2.45, 2.75) is 45.8 Å². The third-order valence-corrected chi connectivity index (χ3v) is 5.69. The number of aryl methyl sites for hydroxylation is 2. The highest BCUT2D eigenvalue weighted by atomic mass is 16.5. The molecule has 33 heavy (non-hydrogen) atoms. The molecule has 3 aromatic rings. The van der Waals surface area contributed by atoms with Crippen molar-refractivity contribution in [2.75, 3.05) is 17.7 Å². The van der Waals surface area contributed by atoms with E-state index in [2.05, 4.69) is 20.6 Å². The fourth-order valence-corrected chi connectivity index (χ4v) is 3.98. The first-order valence-corrected chi connectivity index (χ1v) is 11.0. The Hall–Kier alpha value is -3.88. The molecule has 0 bridgehead atoms. The molecule has 1 aliphatic heterocycles. The maximum Gasteiger partial charge on any atom is 0.277 e. The fraction of sp³-hybridized carbons (Fsp3) is 0.333. The molecule has 0 aliphatic carbocycles. The number of amides is 1. The van der Waals surface area contributed by atoms with E-state index in [0.717, 1.165) is 22.6 Å². The summed E-state index contributed by atoms with van der Waals surface area (Å²) in [4.78, 5) is 34.7. The molecule has 1 atom stereocenters. The van der Waals surface area contributed by atoms with Crippen LogP contribution in [0.25, 0.3) is 0 Å². The number of ether oxygens (including phenoxy) is 1. The standard InChI is InChI=1S/C24H28N6O3/c1-3-33-18-6-4-5-16(11-18)12-26-19-14-27-22-10-8-20(30(22)24(19)32)23(31)28-13-17-7-9-21(25)29-15(17)2/h4-7,9,11,14,20,26H,3,8,10,12-13H2,1-2H3,(H2,25,29)(H,28,31)/t20-/m0/s1. The van der Waals surface area contributed by atoms with Crippen LogP contribution in [0.2, 0.25) is 0 Å². The van der Waals surface area contributed by atoms with Crippen LogP contribution in [0.15, 0.2) is 47.4 Å². The second kappa shape index (κ2) is 9.72. The van der Waals surface area contributed by atoms with Gasteiger partial charge in [0.1, 0.15) is 29.1 Å². The molecule has 4 N–H and O–H groups in total. The zero-order valence-electron chi connectivity index (χ0n) is 18.8. The Bertz CT molecular complexity index is 1220. The number of carbonyl (C=O) groups excluding carboxylic acids is 1. The molecule has 0 saturated carbocycles. The number of nitrogens with zero attached hydrogens (tertiary/aromatic N) is 3. The molecule has 0 fully saturated rings. The number of benzene rings is 1. The van der Waals surface area contributed by atoms with Crippen molar-refractivity contribution in [2.24, 2.45) is 0 Å². The number of pyridine rings is 1. The lowest BCUT2D eigenvalue weighted by Gasteiger charge is -2.16. The summed E-state index contributed by atoms with van der Waals surface area (Å²) in [7, 11) is 0. The van der Waals surface area contributed by atoms with Gasteiger partial charge in [0.05, 0.1) is 12.8 Å². The number of fused-ring (bicyclic) bond motifs is 1. The number of nitrogen functional groups attached to an aromatic ring is 1. The number of aromatic nitrogens is 3. The van der Waals surface area contributed by atoms with E-state index in [9.17, 15) is 9.59 Å². The smallest absolute Gasteiger partial charge is 0.277 e. The zero-order valence-corrected chi connectivity index (χ0v) is 18.8. The van der Waals surface area contributed by atoms with Crippen LogP contribution in [0.3, 0.4) is 0 Å². The number of rotatable bonds is 8. The largest absolute Gasteiger partial charge is 0.494 e. The van der Waals surface area contributed by atoms with Crippen molar-refractivity contribution in [3.63, 3.8) is 0 Å². The Morgan fingerprint density at radius 1 is 1.27 bits per heavy atom. The van der Waals surface area contributed by atoms with E-state index in [1.165, 1.54) is 4.57 Å². The maximum absolute atomic E-state index is 13.2. The molecule has 9 heteroatoms. The van der Waals surface area contributed by atoms with Gasteiger partial charge in [-0.15, -0.1) is 0 Å². The van der Waals surface area contributed by atoms with Crippen molar-refractivity contribution in [1.29, 1.82) is 0 Å². The van der Waals surface area contributed by atoms with Crippen molar-refractivity contribution in [1.82, 2.24) is 19.9 Å². The van der Waals surface area contributed by atoms with Crippen LogP contribution in [0.5, 0.6) is 5.75 Å². The van der Waals surface area contributed by atoms with E-state index in [1.54, 1.807) is 12.3 Å². The molecule has 1 aliphatic rings. The topological polar surface area (TPSA) is 124 Å². The SMILES string of the molecule is CCOc1cccc(CNc2cnc3n(c2=O)[C@H](C(=O)NCc2ccc(N)nc2C)CC3)c1. The number of carbonyl (C=O) groups is 1. The molecule has 0 saturated heterocycles. The summed E-state index contributed by atoms with van der Waals surface area (Å²) in [6.45, 7) is 5.13. The van der Waals surface area contributed by atoms with Crippen molar-refractivity contribution >= 4 is 17.4 Å². The molecule has 1 amide bonds. The van der Waals surface area contributed by atoms with Crippen LogP contribution in [0, 0.1) is 6.92 Å². The van der Waals surface area contributed by atoms with Gasteiger partial charge in [-0.25, -0.2) is 9.97 Å². The van der Waals surface area contributed by atoms with Gasteiger partial charge in [0.15, 0.2) is 0 Å². The Morgan fingerprint density at radius 3 is 2.91 bits per heavy atom.